The molecule has 0 aliphatic heterocycles. The molecule has 1 amide bonds. The summed E-state index contributed by atoms with van der Waals surface area (Å²) in [6.07, 6.45) is 3.84. The first-order chi connectivity index (χ1) is 5.83. The Kier molecular flexibility index (Phi) is 2.63. The zero-order chi connectivity index (χ0) is 10.1. The first kappa shape index (κ1) is 10.5. The van der Waals surface area contributed by atoms with Gasteiger partial charge in [-0.2, -0.15) is 0 Å². The van der Waals surface area contributed by atoms with Crippen LogP contribution in [0.4, 0.5) is 0 Å². The van der Waals surface area contributed by atoms with E-state index in [4.69, 9.17) is 5.73 Å². The SMILES string of the molecule is CS(=O)(=O)NC(=O)C1(N)CCCC1. The Labute approximate surface area is 77.7 Å². The first-order valence-electron chi connectivity index (χ1n) is 4.15. The summed E-state index contributed by atoms with van der Waals surface area (Å²) in [4.78, 5) is 11.4. The molecule has 1 rings (SSSR count). The van der Waals surface area contributed by atoms with Crippen LogP contribution in [0, 0.1) is 0 Å². The van der Waals surface area contributed by atoms with E-state index in [1.807, 2.05) is 4.72 Å². The fourth-order valence-electron chi connectivity index (χ4n) is 1.50. The second-order valence-corrected chi connectivity index (χ2v) is 5.32. The van der Waals surface area contributed by atoms with E-state index in [-0.39, 0.29) is 0 Å². The van der Waals surface area contributed by atoms with Crippen molar-refractivity contribution >= 4 is 15.9 Å². The average Bonchev–Trinajstić information content (AvgIpc) is 2.33. The largest absolute Gasteiger partial charge is 0.317 e. The van der Waals surface area contributed by atoms with Crippen LogP contribution in [0.25, 0.3) is 0 Å². The van der Waals surface area contributed by atoms with Gasteiger partial charge in [0.1, 0.15) is 0 Å². The summed E-state index contributed by atoms with van der Waals surface area (Å²) in [5.41, 5.74) is 4.76. The van der Waals surface area contributed by atoms with Crippen molar-refractivity contribution in [2.45, 2.75) is 31.2 Å². The van der Waals surface area contributed by atoms with Gasteiger partial charge in [0, 0.05) is 0 Å². The summed E-state index contributed by atoms with van der Waals surface area (Å²) in [6.45, 7) is 0. The fourth-order valence-corrected chi connectivity index (χ4v) is 2.04. The maximum Gasteiger partial charge on any atom is 0.253 e. The molecule has 76 valence electrons. The molecule has 13 heavy (non-hydrogen) atoms. The van der Waals surface area contributed by atoms with Crippen LogP contribution in [0.3, 0.4) is 0 Å². The minimum absolute atomic E-state index is 0.564. The normalized spacial score (nSPS) is 21.4. The molecule has 3 N–H and O–H groups in total. The fraction of sp³-hybridized carbons (Fsp3) is 0.857. The maximum absolute atomic E-state index is 11.4. The lowest BCUT2D eigenvalue weighted by atomic mass is 9.99. The number of amides is 1. The van der Waals surface area contributed by atoms with Crippen LogP contribution in [0.5, 0.6) is 0 Å². The molecule has 1 saturated carbocycles. The summed E-state index contributed by atoms with van der Waals surface area (Å²) in [5.74, 6) is -0.576. The summed E-state index contributed by atoms with van der Waals surface area (Å²) < 4.78 is 23.4. The molecule has 5 nitrogen and oxygen atoms in total. The predicted octanol–water partition coefficient (Wildman–Crippen LogP) is -0.666. The van der Waals surface area contributed by atoms with Crippen molar-refractivity contribution in [3.05, 3.63) is 0 Å². The molecule has 0 saturated heterocycles. The molecule has 0 radical (unpaired) electrons. The van der Waals surface area contributed by atoms with E-state index >= 15 is 0 Å². The van der Waals surface area contributed by atoms with E-state index in [2.05, 4.69) is 0 Å². The molecule has 0 aromatic rings. The quantitative estimate of drug-likeness (QED) is 0.627. The number of carbonyl (C=O) groups is 1. The van der Waals surface area contributed by atoms with Gasteiger partial charge in [-0.3, -0.25) is 9.52 Å². The number of sulfonamides is 1. The lowest BCUT2D eigenvalue weighted by molar-refractivity contribution is -0.124. The van der Waals surface area contributed by atoms with E-state index in [1.54, 1.807) is 0 Å². The molecule has 1 aliphatic rings. The standard InChI is InChI=1S/C7H14N2O3S/c1-13(11,12)9-6(10)7(8)4-2-3-5-7/h2-5,8H2,1H3,(H,9,10). The number of hydrogen-bond acceptors (Lipinski definition) is 4. The van der Waals surface area contributed by atoms with Crippen LogP contribution in [-0.2, 0) is 14.8 Å². The summed E-state index contributed by atoms with van der Waals surface area (Å²) in [7, 11) is -3.48. The number of hydrogen-bond donors (Lipinski definition) is 2. The van der Waals surface area contributed by atoms with Crippen molar-refractivity contribution in [2.24, 2.45) is 5.73 Å². The Balaban J connectivity index is 2.67. The number of nitrogens with two attached hydrogens (primary N) is 1. The van der Waals surface area contributed by atoms with Crippen LogP contribution >= 0.6 is 0 Å². The minimum atomic E-state index is -3.48. The number of carbonyl (C=O) groups excluding carboxylic acids is 1. The molecule has 0 heterocycles. The lowest BCUT2D eigenvalue weighted by Gasteiger charge is -2.21. The van der Waals surface area contributed by atoms with Gasteiger partial charge in [0.05, 0.1) is 11.8 Å². The summed E-state index contributed by atoms with van der Waals surface area (Å²) >= 11 is 0. The van der Waals surface area contributed by atoms with Gasteiger partial charge in [0.15, 0.2) is 0 Å². The monoisotopic (exact) mass is 206 g/mol. The second kappa shape index (κ2) is 3.26. The van der Waals surface area contributed by atoms with Crippen LogP contribution in [-0.4, -0.2) is 26.1 Å². The smallest absolute Gasteiger partial charge is 0.253 e. The molecule has 6 heteroatoms. The molecule has 0 atom stereocenters. The van der Waals surface area contributed by atoms with Crippen molar-refractivity contribution in [3.63, 3.8) is 0 Å². The Morgan fingerprint density at radius 3 is 2.23 bits per heavy atom. The van der Waals surface area contributed by atoms with Gasteiger partial charge >= 0.3 is 0 Å². The van der Waals surface area contributed by atoms with Crippen LogP contribution in [0.1, 0.15) is 25.7 Å². The van der Waals surface area contributed by atoms with Gasteiger partial charge in [0.25, 0.3) is 5.91 Å². The highest BCUT2D eigenvalue weighted by Gasteiger charge is 2.38. The molecular weight excluding hydrogens is 192 g/mol. The van der Waals surface area contributed by atoms with Crippen LogP contribution in [0.2, 0.25) is 0 Å². The minimum Gasteiger partial charge on any atom is -0.317 e. The van der Waals surface area contributed by atoms with Crippen molar-refractivity contribution in [1.29, 1.82) is 0 Å². The van der Waals surface area contributed by atoms with Crippen molar-refractivity contribution in [2.75, 3.05) is 6.26 Å². The van der Waals surface area contributed by atoms with Crippen LogP contribution in [0.15, 0.2) is 0 Å². The van der Waals surface area contributed by atoms with Gasteiger partial charge in [-0.1, -0.05) is 12.8 Å². The van der Waals surface area contributed by atoms with E-state index in [9.17, 15) is 13.2 Å². The van der Waals surface area contributed by atoms with E-state index in [0.29, 0.717) is 12.8 Å². The summed E-state index contributed by atoms with van der Waals surface area (Å²) in [6, 6.07) is 0. The van der Waals surface area contributed by atoms with E-state index in [0.717, 1.165) is 19.1 Å². The van der Waals surface area contributed by atoms with Gasteiger partial charge in [-0.05, 0) is 12.8 Å². The molecule has 0 spiro atoms. The van der Waals surface area contributed by atoms with Crippen molar-refractivity contribution in [1.82, 2.24) is 4.72 Å². The van der Waals surface area contributed by atoms with Gasteiger partial charge in [-0.25, -0.2) is 8.42 Å². The lowest BCUT2D eigenvalue weighted by Crippen LogP contribution is -2.53. The highest BCUT2D eigenvalue weighted by atomic mass is 32.2. The molecule has 0 bridgehead atoms. The van der Waals surface area contributed by atoms with Gasteiger partial charge < -0.3 is 5.73 Å². The Hall–Kier alpha value is -0.620. The van der Waals surface area contributed by atoms with E-state index < -0.39 is 21.5 Å². The zero-order valence-electron chi connectivity index (χ0n) is 7.54. The highest BCUT2D eigenvalue weighted by Crippen LogP contribution is 2.27. The zero-order valence-corrected chi connectivity index (χ0v) is 8.36. The third kappa shape index (κ3) is 2.67. The molecule has 0 aromatic carbocycles. The second-order valence-electron chi connectivity index (χ2n) is 3.57. The van der Waals surface area contributed by atoms with Crippen LogP contribution < -0.4 is 10.5 Å². The molecule has 1 aliphatic carbocycles. The number of rotatable bonds is 2. The molecule has 0 aromatic heterocycles. The Morgan fingerprint density at radius 1 is 1.38 bits per heavy atom. The summed E-state index contributed by atoms with van der Waals surface area (Å²) in [5, 5.41) is 0. The van der Waals surface area contributed by atoms with Gasteiger partial charge in [-0.15, -0.1) is 0 Å². The molecule has 0 unspecified atom stereocenters. The van der Waals surface area contributed by atoms with Crippen molar-refractivity contribution < 1.29 is 13.2 Å². The average molecular weight is 206 g/mol. The topological polar surface area (TPSA) is 89.3 Å². The number of nitrogens with one attached hydrogen (secondary N) is 1. The Morgan fingerprint density at radius 2 is 1.85 bits per heavy atom. The first-order valence-corrected chi connectivity index (χ1v) is 6.04. The third-order valence-electron chi connectivity index (χ3n) is 2.23. The highest BCUT2D eigenvalue weighted by molar-refractivity contribution is 7.89. The molecule has 1 fully saturated rings. The Bertz CT molecular complexity index is 304. The molecular formula is C7H14N2O3S. The maximum atomic E-state index is 11.4. The van der Waals surface area contributed by atoms with Crippen molar-refractivity contribution in [3.8, 4) is 0 Å². The predicted molar refractivity (Wildman–Crippen MR) is 48.4 cm³/mol. The van der Waals surface area contributed by atoms with E-state index in [1.165, 1.54) is 0 Å². The third-order valence-corrected chi connectivity index (χ3v) is 2.78. The van der Waals surface area contributed by atoms with Gasteiger partial charge in [0.2, 0.25) is 10.0 Å².